The van der Waals surface area contributed by atoms with Crippen LogP contribution in [0.1, 0.15) is 51.4 Å². The Morgan fingerprint density at radius 1 is 1.25 bits per heavy atom. The number of rotatable bonds is 7. The molecule has 0 aromatic carbocycles. The van der Waals surface area contributed by atoms with Crippen LogP contribution < -0.4 is 10.2 Å². The van der Waals surface area contributed by atoms with Gasteiger partial charge in [0.2, 0.25) is 0 Å². The first-order valence-corrected chi connectivity index (χ1v) is 7.88. The number of nitrogens with one attached hydrogen (secondary N) is 1. The van der Waals surface area contributed by atoms with Gasteiger partial charge in [-0.05, 0) is 39.0 Å². The third-order valence-corrected chi connectivity index (χ3v) is 3.60. The molecule has 0 aliphatic heterocycles. The van der Waals surface area contributed by atoms with Gasteiger partial charge in [0.05, 0.1) is 0 Å². The van der Waals surface area contributed by atoms with Gasteiger partial charge in [-0.1, -0.05) is 20.8 Å². The summed E-state index contributed by atoms with van der Waals surface area (Å²) in [6.07, 6.45) is 3.70. The maximum atomic E-state index is 4.73. The van der Waals surface area contributed by atoms with Gasteiger partial charge >= 0.3 is 0 Å². The van der Waals surface area contributed by atoms with E-state index in [-0.39, 0.29) is 0 Å². The normalized spacial score (nSPS) is 14.7. The molecule has 112 valence electrons. The highest BCUT2D eigenvalue weighted by atomic mass is 15.3. The lowest BCUT2D eigenvalue weighted by Crippen LogP contribution is -2.32. The quantitative estimate of drug-likeness (QED) is 0.827. The van der Waals surface area contributed by atoms with Gasteiger partial charge in [0.25, 0.3) is 0 Å². The maximum absolute atomic E-state index is 4.73. The molecule has 1 N–H and O–H groups in total. The maximum Gasteiger partial charge on any atom is 0.137 e. The van der Waals surface area contributed by atoms with E-state index >= 15 is 0 Å². The lowest BCUT2D eigenvalue weighted by atomic mass is 10.2. The monoisotopic (exact) mass is 276 g/mol. The number of hydrogen-bond acceptors (Lipinski definition) is 4. The molecular weight excluding hydrogens is 248 g/mol. The van der Waals surface area contributed by atoms with Crippen LogP contribution in [0, 0.1) is 19.8 Å². The van der Waals surface area contributed by atoms with Crippen LogP contribution in [0.4, 0.5) is 11.6 Å². The fourth-order valence-corrected chi connectivity index (χ4v) is 2.50. The first kappa shape index (κ1) is 15.1. The molecule has 4 nitrogen and oxygen atoms in total. The van der Waals surface area contributed by atoms with E-state index in [0.29, 0.717) is 12.0 Å². The Bertz CT molecular complexity index is 452. The van der Waals surface area contributed by atoms with Crippen LogP contribution in [0.3, 0.4) is 0 Å². The van der Waals surface area contributed by atoms with Gasteiger partial charge in [0.1, 0.15) is 17.5 Å². The number of hydrogen-bond donors (Lipinski definition) is 1. The molecule has 1 heterocycles. The largest absolute Gasteiger partial charge is 0.370 e. The lowest BCUT2D eigenvalue weighted by Gasteiger charge is -2.28. The third-order valence-electron chi connectivity index (χ3n) is 3.60. The van der Waals surface area contributed by atoms with Crippen LogP contribution in [0.15, 0.2) is 0 Å². The second-order valence-electron chi connectivity index (χ2n) is 6.27. The summed E-state index contributed by atoms with van der Waals surface area (Å²) in [4.78, 5) is 11.8. The van der Waals surface area contributed by atoms with Gasteiger partial charge in [0.15, 0.2) is 0 Å². The zero-order valence-electron chi connectivity index (χ0n) is 13.5. The summed E-state index contributed by atoms with van der Waals surface area (Å²) in [6.45, 7) is 12.9. The highest BCUT2D eigenvalue weighted by Gasteiger charge is 2.32. The van der Waals surface area contributed by atoms with Crippen molar-refractivity contribution in [2.24, 2.45) is 5.92 Å². The summed E-state index contributed by atoms with van der Waals surface area (Å²) in [7, 11) is 0. The van der Waals surface area contributed by atoms with E-state index in [1.807, 2.05) is 6.92 Å². The van der Waals surface area contributed by atoms with Crippen molar-refractivity contribution in [1.29, 1.82) is 0 Å². The van der Waals surface area contributed by atoms with Crippen LogP contribution in [0.25, 0.3) is 0 Å². The zero-order valence-corrected chi connectivity index (χ0v) is 13.5. The van der Waals surface area contributed by atoms with Crippen molar-refractivity contribution < 1.29 is 0 Å². The molecule has 0 saturated heterocycles. The minimum Gasteiger partial charge on any atom is -0.370 e. The van der Waals surface area contributed by atoms with Crippen molar-refractivity contribution in [1.82, 2.24) is 9.97 Å². The molecule has 0 radical (unpaired) electrons. The number of aromatic nitrogens is 2. The van der Waals surface area contributed by atoms with Crippen LogP contribution in [-0.4, -0.2) is 29.1 Å². The average molecular weight is 276 g/mol. The Hall–Kier alpha value is -1.32. The van der Waals surface area contributed by atoms with Gasteiger partial charge in [0, 0.05) is 24.7 Å². The fraction of sp³-hybridized carbons (Fsp3) is 0.750. The Morgan fingerprint density at radius 2 is 1.95 bits per heavy atom. The predicted octanol–water partition coefficient (Wildman–Crippen LogP) is 3.54. The first-order chi connectivity index (χ1) is 9.52. The summed E-state index contributed by atoms with van der Waals surface area (Å²) in [5, 5.41) is 3.43. The van der Waals surface area contributed by atoms with E-state index in [1.54, 1.807) is 0 Å². The number of anilines is 2. The van der Waals surface area contributed by atoms with Crippen molar-refractivity contribution in [3.05, 3.63) is 11.4 Å². The molecule has 4 heteroatoms. The van der Waals surface area contributed by atoms with Gasteiger partial charge in [-0.15, -0.1) is 0 Å². The average Bonchev–Trinajstić information content (AvgIpc) is 3.21. The van der Waals surface area contributed by atoms with Crippen molar-refractivity contribution in [3.8, 4) is 0 Å². The Labute approximate surface area is 123 Å². The second kappa shape index (κ2) is 6.42. The van der Waals surface area contributed by atoms with E-state index < -0.39 is 0 Å². The van der Waals surface area contributed by atoms with Crippen LogP contribution in [-0.2, 0) is 0 Å². The van der Waals surface area contributed by atoms with E-state index in [1.165, 1.54) is 18.4 Å². The predicted molar refractivity (Wildman–Crippen MR) is 85.5 cm³/mol. The molecule has 0 bridgehead atoms. The highest BCUT2D eigenvalue weighted by molar-refractivity contribution is 5.59. The lowest BCUT2D eigenvalue weighted by molar-refractivity contribution is 0.600. The van der Waals surface area contributed by atoms with Gasteiger partial charge in [-0.25, -0.2) is 9.97 Å². The molecule has 0 spiro atoms. The molecular formula is C16H28N4. The number of nitrogens with zero attached hydrogens (tertiary/aromatic N) is 3. The van der Waals surface area contributed by atoms with Crippen molar-refractivity contribution in [3.63, 3.8) is 0 Å². The molecule has 1 aromatic heterocycles. The van der Waals surface area contributed by atoms with E-state index in [9.17, 15) is 0 Å². The Morgan fingerprint density at radius 3 is 2.50 bits per heavy atom. The molecule has 1 saturated carbocycles. The molecule has 0 unspecified atom stereocenters. The molecule has 20 heavy (non-hydrogen) atoms. The van der Waals surface area contributed by atoms with Gasteiger partial charge < -0.3 is 10.2 Å². The van der Waals surface area contributed by atoms with E-state index in [2.05, 4.69) is 42.9 Å². The summed E-state index contributed by atoms with van der Waals surface area (Å²) < 4.78 is 0. The standard InChI is InChI=1S/C16H28N4/c1-6-9-17-15-12(4)16(19-13(5)18-15)20(10-11(2)3)14-7-8-14/h11,14H,6-10H2,1-5H3,(H,17,18,19). The third kappa shape index (κ3) is 3.62. The fourth-order valence-electron chi connectivity index (χ4n) is 2.50. The first-order valence-electron chi connectivity index (χ1n) is 7.88. The summed E-state index contributed by atoms with van der Waals surface area (Å²) in [6, 6.07) is 0.685. The molecule has 1 aliphatic rings. The van der Waals surface area contributed by atoms with Crippen LogP contribution in [0.2, 0.25) is 0 Å². The molecule has 0 atom stereocenters. The van der Waals surface area contributed by atoms with Crippen molar-refractivity contribution in [2.75, 3.05) is 23.3 Å². The van der Waals surface area contributed by atoms with Crippen molar-refractivity contribution in [2.45, 2.75) is 59.9 Å². The zero-order chi connectivity index (χ0) is 14.7. The summed E-state index contributed by atoms with van der Waals surface area (Å²) in [5.41, 5.74) is 1.19. The minimum atomic E-state index is 0.650. The van der Waals surface area contributed by atoms with Crippen molar-refractivity contribution >= 4 is 11.6 Å². The molecule has 1 aromatic rings. The molecule has 0 amide bonds. The van der Waals surface area contributed by atoms with Gasteiger partial charge in [-0.2, -0.15) is 0 Å². The molecule has 1 fully saturated rings. The Balaban J connectivity index is 2.30. The SMILES string of the molecule is CCCNc1nc(C)nc(N(CC(C)C)C2CC2)c1C. The second-order valence-corrected chi connectivity index (χ2v) is 6.27. The topological polar surface area (TPSA) is 41.1 Å². The van der Waals surface area contributed by atoms with E-state index in [4.69, 9.17) is 4.98 Å². The molecule has 1 aliphatic carbocycles. The van der Waals surface area contributed by atoms with Crippen LogP contribution >= 0.6 is 0 Å². The highest BCUT2D eigenvalue weighted by Crippen LogP contribution is 2.34. The van der Waals surface area contributed by atoms with Gasteiger partial charge in [-0.3, -0.25) is 0 Å². The summed E-state index contributed by atoms with van der Waals surface area (Å²) in [5.74, 6) is 3.65. The van der Waals surface area contributed by atoms with E-state index in [0.717, 1.165) is 37.0 Å². The number of aryl methyl sites for hydroxylation is 1. The van der Waals surface area contributed by atoms with Crippen LogP contribution in [0.5, 0.6) is 0 Å². The minimum absolute atomic E-state index is 0.650. The summed E-state index contributed by atoms with van der Waals surface area (Å²) >= 11 is 0. The molecule has 2 rings (SSSR count). The Kier molecular flexibility index (Phi) is 4.84. The smallest absolute Gasteiger partial charge is 0.137 e.